The highest BCUT2D eigenvalue weighted by Gasteiger charge is 2.16. The first-order valence-corrected chi connectivity index (χ1v) is 8.99. The zero-order valence-electron chi connectivity index (χ0n) is 14.1. The van der Waals surface area contributed by atoms with Gasteiger partial charge in [0.25, 0.3) is 15.9 Å². The second-order valence-corrected chi connectivity index (χ2v) is 6.87. The summed E-state index contributed by atoms with van der Waals surface area (Å²) in [6, 6.07) is 12.4. The second kappa shape index (κ2) is 7.89. The first-order valence-electron chi connectivity index (χ1n) is 7.51. The quantitative estimate of drug-likeness (QED) is 0.784. The topological polar surface area (TPSA) is 93.7 Å². The molecule has 2 N–H and O–H groups in total. The number of amides is 1. The minimum atomic E-state index is -3.74. The Morgan fingerprint density at radius 1 is 1.08 bits per heavy atom. The lowest BCUT2D eigenvalue weighted by Gasteiger charge is -2.14. The number of carbonyl (C=O) groups is 1. The van der Waals surface area contributed by atoms with Gasteiger partial charge in [0.05, 0.1) is 17.7 Å². The van der Waals surface area contributed by atoms with Crippen LogP contribution >= 0.6 is 0 Å². The highest BCUT2D eigenvalue weighted by molar-refractivity contribution is 7.92. The van der Waals surface area contributed by atoms with Gasteiger partial charge in [0.1, 0.15) is 11.5 Å². The van der Waals surface area contributed by atoms with Gasteiger partial charge in [0.15, 0.2) is 6.10 Å². The van der Waals surface area contributed by atoms with Crippen LogP contribution in [0.2, 0.25) is 0 Å². The number of ether oxygens (including phenoxy) is 2. The molecule has 1 amide bonds. The zero-order chi connectivity index (χ0) is 18.4. The smallest absolute Gasteiger partial charge is 0.261 e. The third-order valence-electron chi connectivity index (χ3n) is 3.38. The van der Waals surface area contributed by atoms with E-state index >= 15 is 0 Å². The third kappa shape index (κ3) is 4.87. The second-order valence-electron chi connectivity index (χ2n) is 5.18. The number of sulfonamides is 1. The lowest BCUT2D eigenvalue weighted by molar-refractivity contribution is -0.126. The Hall–Kier alpha value is -2.74. The number of likely N-dealkylation sites (N-methyl/N-ethyl adjacent to an activating group) is 1. The molecule has 1 atom stereocenters. The first-order chi connectivity index (χ1) is 11.9. The van der Waals surface area contributed by atoms with Crippen molar-refractivity contribution in [2.75, 3.05) is 18.9 Å². The SMILES string of the molecule is CNC(=O)[C@H](C)Oc1ccc(S(=O)(=O)Nc2cccc(OC)c2)cc1. The molecule has 0 unspecified atom stereocenters. The van der Waals surface area contributed by atoms with Crippen LogP contribution in [-0.2, 0) is 14.8 Å². The Kier molecular flexibility index (Phi) is 5.87. The van der Waals surface area contributed by atoms with Gasteiger partial charge in [-0.15, -0.1) is 0 Å². The molecule has 0 saturated carbocycles. The van der Waals surface area contributed by atoms with Crippen LogP contribution in [0.1, 0.15) is 6.92 Å². The van der Waals surface area contributed by atoms with Crippen LogP contribution in [0.25, 0.3) is 0 Å². The van der Waals surface area contributed by atoms with Crippen LogP contribution in [0.4, 0.5) is 5.69 Å². The standard InChI is InChI=1S/C17H20N2O5S/c1-12(17(20)18-2)24-14-7-9-16(10-8-14)25(21,22)19-13-5-4-6-15(11-13)23-3/h4-12,19H,1-3H3,(H,18,20)/t12-/m0/s1. The van der Waals surface area contributed by atoms with E-state index in [-0.39, 0.29) is 10.8 Å². The van der Waals surface area contributed by atoms with E-state index < -0.39 is 16.1 Å². The Morgan fingerprint density at radius 2 is 1.76 bits per heavy atom. The van der Waals surface area contributed by atoms with E-state index in [0.29, 0.717) is 17.2 Å². The van der Waals surface area contributed by atoms with Crippen LogP contribution in [0, 0.1) is 0 Å². The van der Waals surface area contributed by atoms with Gasteiger partial charge < -0.3 is 14.8 Å². The molecule has 0 fully saturated rings. The average molecular weight is 364 g/mol. The van der Waals surface area contributed by atoms with Crippen molar-refractivity contribution >= 4 is 21.6 Å². The predicted molar refractivity (Wildman–Crippen MR) is 94.4 cm³/mol. The van der Waals surface area contributed by atoms with Gasteiger partial charge >= 0.3 is 0 Å². The van der Waals surface area contributed by atoms with Gasteiger partial charge in [-0.3, -0.25) is 9.52 Å². The molecule has 134 valence electrons. The van der Waals surface area contributed by atoms with Crippen molar-refractivity contribution in [3.8, 4) is 11.5 Å². The maximum Gasteiger partial charge on any atom is 0.261 e. The van der Waals surface area contributed by atoms with Crippen molar-refractivity contribution in [1.29, 1.82) is 0 Å². The van der Waals surface area contributed by atoms with E-state index in [1.165, 1.54) is 38.4 Å². The molecule has 7 nitrogen and oxygen atoms in total. The molecule has 25 heavy (non-hydrogen) atoms. The Morgan fingerprint density at radius 3 is 2.36 bits per heavy atom. The fraction of sp³-hybridized carbons (Fsp3) is 0.235. The summed E-state index contributed by atoms with van der Waals surface area (Å²) in [5, 5.41) is 2.48. The molecule has 0 radical (unpaired) electrons. The van der Waals surface area contributed by atoms with Crippen LogP contribution in [0.15, 0.2) is 53.4 Å². The number of hydrogen-bond acceptors (Lipinski definition) is 5. The van der Waals surface area contributed by atoms with Crippen LogP contribution in [0.5, 0.6) is 11.5 Å². The lowest BCUT2D eigenvalue weighted by atomic mass is 10.3. The summed E-state index contributed by atoms with van der Waals surface area (Å²) >= 11 is 0. The molecule has 0 aliphatic carbocycles. The molecule has 2 rings (SSSR count). The minimum Gasteiger partial charge on any atom is -0.497 e. The summed E-state index contributed by atoms with van der Waals surface area (Å²) < 4.78 is 37.9. The zero-order valence-corrected chi connectivity index (χ0v) is 15.0. The molecule has 0 bridgehead atoms. The Balaban J connectivity index is 2.13. The number of rotatable bonds is 7. The van der Waals surface area contributed by atoms with E-state index in [4.69, 9.17) is 9.47 Å². The largest absolute Gasteiger partial charge is 0.497 e. The molecular formula is C17H20N2O5S. The highest BCUT2D eigenvalue weighted by Crippen LogP contribution is 2.22. The minimum absolute atomic E-state index is 0.0790. The first kappa shape index (κ1) is 18.6. The van der Waals surface area contributed by atoms with Crippen LogP contribution in [0.3, 0.4) is 0 Å². The summed E-state index contributed by atoms with van der Waals surface area (Å²) in [6.45, 7) is 1.60. The monoisotopic (exact) mass is 364 g/mol. The lowest BCUT2D eigenvalue weighted by Crippen LogP contribution is -2.33. The molecule has 0 heterocycles. The van der Waals surface area contributed by atoms with E-state index in [1.54, 1.807) is 31.2 Å². The molecular weight excluding hydrogens is 344 g/mol. The molecule has 0 saturated heterocycles. The molecule has 2 aromatic carbocycles. The third-order valence-corrected chi connectivity index (χ3v) is 4.78. The fourth-order valence-corrected chi connectivity index (χ4v) is 3.11. The Bertz CT molecular complexity index is 834. The maximum absolute atomic E-state index is 12.4. The molecule has 0 aliphatic rings. The van der Waals surface area contributed by atoms with Crippen molar-refractivity contribution in [3.05, 3.63) is 48.5 Å². The number of methoxy groups -OCH3 is 1. The number of nitrogens with one attached hydrogen (secondary N) is 2. The highest BCUT2D eigenvalue weighted by atomic mass is 32.2. The summed E-state index contributed by atoms with van der Waals surface area (Å²) in [4.78, 5) is 11.5. The summed E-state index contributed by atoms with van der Waals surface area (Å²) in [5.74, 6) is 0.681. The van der Waals surface area contributed by atoms with Gasteiger partial charge in [-0.1, -0.05) is 6.07 Å². The number of hydrogen-bond donors (Lipinski definition) is 2. The Labute approximate surface area is 147 Å². The maximum atomic E-state index is 12.4. The van der Waals surface area contributed by atoms with Gasteiger partial charge in [0.2, 0.25) is 0 Å². The van der Waals surface area contributed by atoms with E-state index in [1.807, 2.05) is 0 Å². The molecule has 8 heteroatoms. The van der Waals surface area contributed by atoms with Crippen molar-refractivity contribution in [2.24, 2.45) is 0 Å². The number of benzene rings is 2. The molecule has 0 aromatic heterocycles. The van der Waals surface area contributed by atoms with Crippen molar-refractivity contribution in [2.45, 2.75) is 17.9 Å². The van der Waals surface area contributed by atoms with E-state index in [2.05, 4.69) is 10.0 Å². The molecule has 0 aliphatic heterocycles. The van der Waals surface area contributed by atoms with Gasteiger partial charge in [-0.05, 0) is 43.3 Å². The predicted octanol–water partition coefficient (Wildman–Crippen LogP) is 2.01. The van der Waals surface area contributed by atoms with Gasteiger partial charge in [-0.2, -0.15) is 0 Å². The van der Waals surface area contributed by atoms with Crippen LogP contribution in [-0.4, -0.2) is 34.6 Å². The van der Waals surface area contributed by atoms with E-state index in [9.17, 15) is 13.2 Å². The van der Waals surface area contributed by atoms with Crippen molar-refractivity contribution < 1.29 is 22.7 Å². The van der Waals surface area contributed by atoms with Gasteiger partial charge in [-0.25, -0.2) is 8.42 Å². The normalized spacial score (nSPS) is 12.1. The average Bonchev–Trinajstić information content (AvgIpc) is 2.61. The van der Waals surface area contributed by atoms with Crippen LogP contribution < -0.4 is 19.5 Å². The summed E-state index contributed by atoms with van der Waals surface area (Å²) in [7, 11) is -0.723. The molecule has 0 spiro atoms. The summed E-state index contributed by atoms with van der Waals surface area (Å²) in [5.41, 5.74) is 0.396. The van der Waals surface area contributed by atoms with E-state index in [0.717, 1.165) is 0 Å². The number of carbonyl (C=O) groups excluding carboxylic acids is 1. The molecule has 2 aromatic rings. The number of anilines is 1. The summed E-state index contributed by atoms with van der Waals surface area (Å²) in [6.07, 6.45) is -0.678. The van der Waals surface area contributed by atoms with Gasteiger partial charge in [0, 0.05) is 13.1 Å². The van der Waals surface area contributed by atoms with Crippen molar-refractivity contribution in [1.82, 2.24) is 5.32 Å². The van der Waals surface area contributed by atoms with Crippen molar-refractivity contribution in [3.63, 3.8) is 0 Å². The fourth-order valence-electron chi connectivity index (χ4n) is 2.06.